The first-order chi connectivity index (χ1) is 8.19. The number of carbonyl (C=O) groups is 1. The second-order valence-corrected chi connectivity index (χ2v) is 6.29. The number of thioether (sulfide) groups is 1. The van der Waals surface area contributed by atoms with Crippen molar-refractivity contribution in [3.8, 4) is 0 Å². The van der Waals surface area contributed by atoms with Crippen LogP contribution in [0.25, 0.3) is 0 Å². The van der Waals surface area contributed by atoms with Gasteiger partial charge in [-0.25, -0.2) is 0 Å². The van der Waals surface area contributed by atoms with Crippen molar-refractivity contribution < 1.29 is 4.79 Å². The molecular weight excluding hydrogens is 256 g/mol. The number of nitrogen functional groups attached to an aromatic ring is 1. The van der Waals surface area contributed by atoms with Gasteiger partial charge >= 0.3 is 0 Å². The predicted molar refractivity (Wildman–Crippen MR) is 71.3 cm³/mol. The Morgan fingerprint density at radius 2 is 2.35 bits per heavy atom. The van der Waals surface area contributed by atoms with Crippen LogP contribution in [0.3, 0.4) is 0 Å². The van der Waals surface area contributed by atoms with Gasteiger partial charge in [0.05, 0.1) is 0 Å². The molecule has 1 saturated carbocycles. The monoisotopic (exact) mass is 272 g/mol. The van der Waals surface area contributed by atoms with Crippen LogP contribution in [0.15, 0.2) is 0 Å². The molecule has 1 aromatic rings. The lowest BCUT2D eigenvalue weighted by Gasteiger charge is -2.28. The zero-order valence-corrected chi connectivity index (χ0v) is 11.3. The van der Waals surface area contributed by atoms with Crippen molar-refractivity contribution in [3.05, 3.63) is 5.01 Å². The highest BCUT2D eigenvalue weighted by Crippen LogP contribution is 2.27. The Labute approximate surface area is 109 Å². The van der Waals surface area contributed by atoms with Crippen molar-refractivity contribution in [2.45, 2.75) is 37.0 Å². The number of rotatable bonds is 3. The Kier molecular flexibility index (Phi) is 4.22. The lowest BCUT2D eigenvalue weighted by molar-refractivity contribution is 0.0927. The highest BCUT2D eigenvalue weighted by molar-refractivity contribution is 7.99. The molecular formula is C10H16N4OS2. The van der Waals surface area contributed by atoms with E-state index in [0.717, 1.165) is 24.2 Å². The Hall–Kier alpha value is -0.820. The fourth-order valence-electron chi connectivity index (χ4n) is 2.06. The molecule has 0 saturated heterocycles. The number of carbonyl (C=O) groups excluding carboxylic acids is 1. The van der Waals surface area contributed by atoms with Crippen LogP contribution in [0, 0.1) is 0 Å². The number of nitrogens with two attached hydrogens (primary N) is 1. The van der Waals surface area contributed by atoms with E-state index in [1.165, 1.54) is 12.8 Å². The maximum Gasteiger partial charge on any atom is 0.282 e. The highest BCUT2D eigenvalue weighted by Gasteiger charge is 2.24. The lowest BCUT2D eigenvalue weighted by atomic mass is 9.95. The van der Waals surface area contributed by atoms with Crippen molar-refractivity contribution in [3.63, 3.8) is 0 Å². The molecule has 2 rings (SSSR count). The molecule has 3 N–H and O–H groups in total. The number of hydrogen-bond donors (Lipinski definition) is 2. The standard InChI is InChI=1S/C10H16N4OS2/c1-16-7-4-2-3-6(5-7)12-8(15)9-13-14-10(11)17-9/h6-7H,2-5H2,1H3,(H2,11,14)(H,12,15). The minimum Gasteiger partial charge on any atom is -0.374 e. The van der Waals surface area contributed by atoms with E-state index in [9.17, 15) is 4.79 Å². The van der Waals surface area contributed by atoms with Crippen molar-refractivity contribution in [2.24, 2.45) is 0 Å². The summed E-state index contributed by atoms with van der Waals surface area (Å²) < 4.78 is 0. The third kappa shape index (κ3) is 3.32. The van der Waals surface area contributed by atoms with Gasteiger partial charge in [-0.15, -0.1) is 10.2 Å². The molecule has 0 aliphatic heterocycles. The van der Waals surface area contributed by atoms with E-state index >= 15 is 0 Å². The van der Waals surface area contributed by atoms with Gasteiger partial charge in [0.2, 0.25) is 10.1 Å². The number of anilines is 1. The highest BCUT2D eigenvalue weighted by atomic mass is 32.2. The average molecular weight is 272 g/mol. The Morgan fingerprint density at radius 1 is 1.53 bits per heavy atom. The van der Waals surface area contributed by atoms with Crippen LogP contribution in [-0.4, -0.2) is 33.7 Å². The zero-order chi connectivity index (χ0) is 12.3. The Balaban J connectivity index is 1.90. The van der Waals surface area contributed by atoms with E-state index in [2.05, 4.69) is 21.8 Å². The van der Waals surface area contributed by atoms with Gasteiger partial charge in [0.25, 0.3) is 5.91 Å². The van der Waals surface area contributed by atoms with Crippen molar-refractivity contribution in [1.82, 2.24) is 15.5 Å². The van der Waals surface area contributed by atoms with Crippen molar-refractivity contribution >= 4 is 34.1 Å². The van der Waals surface area contributed by atoms with Crippen molar-refractivity contribution in [2.75, 3.05) is 12.0 Å². The van der Waals surface area contributed by atoms with E-state index < -0.39 is 0 Å². The minimum absolute atomic E-state index is 0.147. The van der Waals surface area contributed by atoms with Crippen LogP contribution in [0.1, 0.15) is 35.5 Å². The van der Waals surface area contributed by atoms with Crippen LogP contribution in [0.4, 0.5) is 5.13 Å². The molecule has 1 amide bonds. The fraction of sp³-hybridized carbons (Fsp3) is 0.700. The summed E-state index contributed by atoms with van der Waals surface area (Å²) in [7, 11) is 0. The van der Waals surface area contributed by atoms with Gasteiger partial charge in [0.15, 0.2) is 0 Å². The van der Waals surface area contributed by atoms with E-state index in [-0.39, 0.29) is 11.9 Å². The van der Waals surface area contributed by atoms with Gasteiger partial charge in [-0.05, 0) is 25.5 Å². The van der Waals surface area contributed by atoms with Gasteiger partial charge in [-0.3, -0.25) is 4.79 Å². The van der Waals surface area contributed by atoms with E-state index in [1.807, 2.05) is 11.8 Å². The molecule has 7 heteroatoms. The third-order valence-corrected chi connectivity index (χ3v) is 4.78. The predicted octanol–water partition coefficient (Wildman–Crippen LogP) is 1.52. The molecule has 0 spiro atoms. The molecule has 2 atom stereocenters. The number of nitrogens with one attached hydrogen (secondary N) is 1. The molecule has 17 heavy (non-hydrogen) atoms. The molecule has 0 bridgehead atoms. The maximum atomic E-state index is 11.9. The number of hydrogen-bond acceptors (Lipinski definition) is 6. The normalized spacial score (nSPS) is 24.5. The Bertz CT molecular complexity index is 395. The summed E-state index contributed by atoms with van der Waals surface area (Å²) in [4.78, 5) is 11.9. The molecule has 94 valence electrons. The van der Waals surface area contributed by atoms with Crippen LogP contribution in [0.5, 0.6) is 0 Å². The molecule has 1 fully saturated rings. The second-order valence-electron chi connectivity index (χ2n) is 4.14. The summed E-state index contributed by atoms with van der Waals surface area (Å²) >= 11 is 3.01. The SMILES string of the molecule is CSC1CCCC(NC(=O)c2nnc(N)s2)C1. The second kappa shape index (κ2) is 5.68. The molecule has 1 aromatic heterocycles. The first-order valence-corrected chi connectivity index (χ1v) is 7.72. The molecule has 5 nitrogen and oxygen atoms in total. The molecule has 1 aliphatic carbocycles. The van der Waals surface area contributed by atoms with Crippen molar-refractivity contribution in [1.29, 1.82) is 0 Å². The van der Waals surface area contributed by atoms with E-state index in [4.69, 9.17) is 5.73 Å². The first kappa shape index (κ1) is 12.6. The topological polar surface area (TPSA) is 80.9 Å². The molecule has 1 heterocycles. The number of nitrogens with zero attached hydrogens (tertiary/aromatic N) is 2. The molecule has 0 aromatic carbocycles. The Morgan fingerprint density at radius 3 is 3.00 bits per heavy atom. The van der Waals surface area contributed by atoms with Crippen LogP contribution >= 0.6 is 23.1 Å². The van der Waals surface area contributed by atoms with E-state index in [1.54, 1.807) is 0 Å². The summed E-state index contributed by atoms with van der Waals surface area (Å²) in [5.74, 6) is -0.147. The van der Waals surface area contributed by atoms with E-state index in [0.29, 0.717) is 15.4 Å². The fourth-order valence-corrected chi connectivity index (χ4v) is 3.40. The van der Waals surface area contributed by atoms with Crippen LogP contribution < -0.4 is 11.1 Å². The average Bonchev–Trinajstić information content (AvgIpc) is 2.76. The minimum atomic E-state index is -0.147. The third-order valence-electron chi connectivity index (χ3n) is 2.93. The van der Waals surface area contributed by atoms with Gasteiger partial charge < -0.3 is 11.1 Å². The summed E-state index contributed by atoms with van der Waals surface area (Å²) in [5, 5.41) is 11.8. The largest absolute Gasteiger partial charge is 0.374 e. The van der Waals surface area contributed by atoms with Gasteiger partial charge in [-0.2, -0.15) is 11.8 Å². The van der Waals surface area contributed by atoms with Gasteiger partial charge in [0.1, 0.15) is 0 Å². The van der Waals surface area contributed by atoms with Gasteiger partial charge in [-0.1, -0.05) is 17.8 Å². The summed E-state index contributed by atoms with van der Waals surface area (Å²) in [6.07, 6.45) is 6.65. The number of aromatic nitrogens is 2. The quantitative estimate of drug-likeness (QED) is 0.872. The molecule has 2 unspecified atom stereocenters. The molecule has 1 aliphatic rings. The smallest absolute Gasteiger partial charge is 0.282 e. The molecule has 0 radical (unpaired) electrons. The number of amides is 1. The summed E-state index contributed by atoms with van der Waals surface area (Å²) in [6, 6.07) is 0.263. The lowest BCUT2D eigenvalue weighted by Crippen LogP contribution is -2.39. The summed E-state index contributed by atoms with van der Waals surface area (Å²) in [5.41, 5.74) is 5.45. The zero-order valence-electron chi connectivity index (χ0n) is 9.68. The van der Waals surface area contributed by atoms with Gasteiger partial charge in [0, 0.05) is 11.3 Å². The summed E-state index contributed by atoms with van der Waals surface area (Å²) in [6.45, 7) is 0. The first-order valence-electron chi connectivity index (χ1n) is 5.61. The maximum absolute atomic E-state index is 11.9. The van der Waals surface area contributed by atoms with Crippen LogP contribution in [0.2, 0.25) is 0 Å². The van der Waals surface area contributed by atoms with Crippen LogP contribution in [-0.2, 0) is 0 Å².